The van der Waals surface area contributed by atoms with Gasteiger partial charge in [-0.1, -0.05) is 0 Å². The van der Waals surface area contributed by atoms with Crippen LogP contribution >= 0.6 is 0 Å². The van der Waals surface area contributed by atoms with Crippen LogP contribution < -0.4 is 14.8 Å². The number of fused-ring (bicyclic) bond motifs is 1. The summed E-state index contributed by atoms with van der Waals surface area (Å²) in [5, 5.41) is 6.87. The molecule has 1 amide bonds. The van der Waals surface area contributed by atoms with Crippen LogP contribution in [-0.4, -0.2) is 42.0 Å². The van der Waals surface area contributed by atoms with Crippen LogP contribution in [0.15, 0.2) is 18.2 Å². The smallest absolute Gasteiger partial charge is 0.358 e. The largest absolute Gasteiger partial charge is 0.486 e. The number of hydrogen-bond acceptors (Lipinski definition) is 6. The molecule has 0 unspecified atom stereocenters. The summed E-state index contributed by atoms with van der Waals surface area (Å²) in [5.41, 5.74) is 1.41. The van der Waals surface area contributed by atoms with Gasteiger partial charge in [0.2, 0.25) is 0 Å². The molecule has 1 aliphatic heterocycles. The molecule has 8 heteroatoms. The molecule has 0 saturated heterocycles. The Bertz CT molecular complexity index is 812. The van der Waals surface area contributed by atoms with Gasteiger partial charge in [0, 0.05) is 12.6 Å². The van der Waals surface area contributed by atoms with Gasteiger partial charge in [0.1, 0.15) is 13.2 Å². The highest BCUT2D eigenvalue weighted by Gasteiger charge is 2.23. The van der Waals surface area contributed by atoms with Gasteiger partial charge in [-0.3, -0.25) is 9.48 Å². The van der Waals surface area contributed by atoms with Gasteiger partial charge in [0.25, 0.3) is 5.91 Å². The van der Waals surface area contributed by atoms with Gasteiger partial charge >= 0.3 is 5.97 Å². The number of rotatable bonds is 3. The minimum atomic E-state index is -0.574. The second kappa shape index (κ2) is 6.23. The predicted octanol–water partition coefficient (Wildman–Crippen LogP) is 1.54. The normalized spacial score (nSPS) is 12.6. The highest BCUT2D eigenvalue weighted by Crippen LogP contribution is 2.31. The van der Waals surface area contributed by atoms with Gasteiger partial charge in [-0.25, -0.2) is 4.79 Å². The van der Waals surface area contributed by atoms with Crippen molar-refractivity contribution in [3.63, 3.8) is 0 Å². The van der Waals surface area contributed by atoms with Crippen LogP contribution in [0.25, 0.3) is 0 Å². The summed E-state index contributed by atoms with van der Waals surface area (Å²) in [6, 6.07) is 4.92. The van der Waals surface area contributed by atoms with E-state index in [1.54, 1.807) is 32.2 Å². The number of carbonyl (C=O) groups is 2. The van der Waals surface area contributed by atoms with Gasteiger partial charge in [-0.05, 0) is 25.1 Å². The number of benzene rings is 1. The maximum Gasteiger partial charge on any atom is 0.358 e. The predicted molar refractivity (Wildman–Crippen MR) is 84.7 cm³/mol. The molecule has 0 aliphatic carbocycles. The summed E-state index contributed by atoms with van der Waals surface area (Å²) in [6.45, 7) is 2.62. The molecular weight excluding hydrogens is 314 g/mol. The van der Waals surface area contributed by atoms with E-state index in [0.29, 0.717) is 41.7 Å². The zero-order valence-corrected chi connectivity index (χ0v) is 13.6. The first-order valence-corrected chi connectivity index (χ1v) is 7.34. The van der Waals surface area contributed by atoms with Crippen molar-refractivity contribution in [2.24, 2.45) is 7.05 Å². The van der Waals surface area contributed by atoms with Crippen LogP contribution in [0.4, 0.5) is 5.69 Å². The summed E-state index contributed by atoms with van der Waals surface area (Å²) in [5.74, 6) is 0.166. The number of methoxy groups -OCH3 is 1. The van der Waals surface area contributed by atoms with E-state index in [-0.39, 0.29) is 11.6 Å². The van der Waals surface area contributed by atoms with Gasteiger partial charge in [-0.15, -0.1) is 0 Å². The zero-order valence-electron chi connectivity index (χ0n) is 13.6. The molecule has 1 aliphatic rings. The van der Waals surface area contributed by atoms with Gasteiger partial charge in [0.05, 0.1) is 18.5 Å². The van der Waals surface area contributed by atoms with Crippen LogP contribution in [0.3, 0.4) is 0 Å². The Morgan fingerprint density at radius 3 is 2.67 bits per heavy atom. The lowest BCUT2D eigenvalue weighted by Crippen LogP contribution is -2.18. The average molecular weight is 331 g/mol. The molecule has 3 rings (SSSR count). The second-order valence-electron chi connectivity index (χ2n) is 5.24. The Labute approximate surface area is 138 Å². The first-order valence-electron chi connectivity index (χ1n) is 7.34. The van der Waals surface area contributed by atoms with E-state index in [1.807, 2.05) is 0 Å². The number of aromatic nitrogens is 2. The Balaban J connectivity index is 1.89. The number of aryl methyl sites for hydroxylation is 2. The molecule has 0 saturated carbocycles. The topological polar surface area (TPSA) is 91.7 Å². The monoisotopic (exact) mass is 331 g/mol. The Kier molecular flexibility index (Phi) is 4.11. The van der Waals surface area contributed by atoms with Gasteiger partial charge in [0.15, 0.2) is 17.2 Å². The molecule has 0 spiro atoms. The molecule has 24 heavy (non-hydrogen) atoms. The number of nitrogens with one attached hydrogen (secondary N) is 1. The fraction of sp³-hybridized carbons (Fsp3) is 0.312. The van der Waals surface area contributed by atoms with Crippen molar-refractivity contribution < 1.29 is 23.8 Å². The maximum absolute atomic E-state index is 12.5. The standard InChI is InChI=1S/C16H17N3O5/c1-9-13(14(16(21)22-3)19(2)18-9)17-15(20)10-4-5-11-12(8-10)24-7-6-23-11/h4-5,8H,6-7H2,1-3H3,(H,17,20). The van der Waals surface area contributed by atoms with E-state index in [0.717, 1.165) is 0 Å². The first kappa shape index (κ1) is 15.9. The Morgan fingerprint density at radius 2 is 1.96 bits per heavy atom. The number of anilines is 1. The van der Waals surface area contributed by atoms with Crippen LogP contribution in [0, 0.1) is 6.92 Å². The fourth-order valence-corrected chi connectivity index (χ4v) is 2.51. The van der Waals surface area contributed by atoms with Gasteiger partial charge < -0.3 is 19.5 Å². The van der Waals surface area contributed by atoms with E-state index in [4.69, 9.17) is 14.2 Å². The molecule has 2 heterocycles. The van der Waals surface area contributed by atoms with E-state index < -0.39 is 5.97 Å². The molecule has 2 aromatic rings. The Hall–Kier alpha value is -3.03. The third kappa shape index (κ3) is 2.78. The first-order chi connectivity index (χ1) is 11.5. The SMILES string of the molecule is COC(=O)c1c(NC(=O)c2ccc3c(c2)OCCO3)c(C)nn1C. The van der Waals surface area contributed by atoms with E-state index >= 15 is 0 Å². The molecule has 126 valence electrons. The highest BCUT2D eigenvalue weighted by molar-refractivity contribution is 6.08. The Morgan fingerprint density at radius 1 is 1.25 bits per heavy atom. The van der Waals surface area contributed by atoms with E-state index in [2.05, 4.69) is 10.4 Å². The van der Waals surface area contributed by atoms with Crippen molar-refractivity contribution in [1.29, 1.82) is 0 Å². The zero-order chi connectivity index (χ0) is 17.3. The minimum Gasteiger partial charge on any atom is -0.486 e. The minimum absolute atomic E-state index is 0.181. The van der Waals surface area contributed by atoms with E-state index in [1.165, 1.54) is 11.8 Å². The number of nitrogens with zero attached hydrogens (tertiary/aromatic N) is 2. The van der Waals surface area contributed by atoms with Crippen molar-refractivity contribution in [2.45, 2.75) is 6.92 Å². The van der Waals surface area contributed by atoms with Crippen LogP contribution in [0.2, 0.25) is 0 Å². The number of ether oxygens (including phenoxy) is 3. The maximum atomic E-state index is 12.5. The third-order valence-corrected chi connectivity index (χ3v) is 3.64. The summed E-state index contributed by atoms with van der Waals surface area (Å²) in [6.07, 6.45) is 0. The van der Waals surface area contributed by atoms with Crippen molar-refractivity contribution in [1.82, 2.24) is 9.78 Å². The van der Waals surface area contributed by atoms with Crippen molar-refractivity contribution >= 4 is 17.6 Å². The quantitative estimate of drug-likeness (QED) is 0.858. The fourth-order valence-electron chi connectivity index (χ4n) is 2.51. The molecule has 1 aromatic heterocycles. The molecule has 0 atom stereocenters. The lowest BCUT2D eigenvalue weighted by molar-refractivity contribution is 0.0589. The molecule has 8 nitrogen and oxygen atoms in total. The molecule has 0 bridgehead atoms. The molecule has 1 N–H and O–H groups in total. The average Bonchev–Trinajstić information content (AvgIpc) is 2.87. The van der Waals surface area contributed by atoms with E-state index in [9.17, 15) is 9.59 Å². The lowest BCUT2D eigenvalue weighted by atomic mass is 10.1. The molecule has 0 fully saturated rings. The van der Waals surface area contributed by atoms with Crippen molar-refractivity contribution in [3.05, 3.63) is 35.2 Å². The lowest BCUT2D eigenvalue weighted by Gasteiger charge is -2.18. The van der Waals surface area contributed by atoms with Crippen LogP contribution in [0.5, 0.6) is 11.5 Å². The van der Waals surface area contributed by atoms with Crippen LogP contribution in [0.1, 0.15) is 26.5 Å². The van der Waals surface area contributed by atoms with Gasteiger partial charge in [-0.2, -0.15) is 5.10 Å². The van der Waals surface area contributed by atoms with Crippen LogP contribution in [-0.2, 0) is 11.8 Å². The summed E-state index contributed by atoms with van der Waals surface area (Å²) >= 11 is 0. The number of esters is 1. The summed E-state index contributed by atoms with van der Waals surface area (Å²) in [4.78, 5) is 24.4. The highest BCUT2D eigenvalue weighted by atomic mass is 16.6. The third-order valence-electron chi connectivity index (χ3n) is 3.64. The summed E-state index contributed by atoms with van der Waals surface area (Å²) < 4.78 is 17.0. The van der Waals surface area contributed by atoms with Crippen molar-refractivity contribution in [2.75, 3.05) is 25.6 Å². The number of hydrogen-bond donors (Lipinski definition) is 1. The molecule has 0 radical (unpaired) electrons. The molecular formula is C16H17N3O5. The summed E-state index contributed by atoms with van der Waals surface area (Å²) in [7, 11) is 2.88. The number of amides is 1. The molecule has 1 aromatic carbocycles. The van der Waals surface area contributed by atoms with Crippen molar-refractivity contribution in [3.8, 4) is 11.5 Å². The number of carbonyl (C=O) groups excluding carboxylic acids is 2. The second-order valence-corrected chi connectivity index (χ2v) is 5.24.